The molecule has 124 valence electrons. The normalized spacial score (nSPS) is 21.1. The second-order valence-electron chi connectivity index (χ2n) is 6.21. The molecule has 0 spiro atoms. The summed E-state index contributed by atoms with van der Waals surface area (Å²) in [6, 6.07) is 10.1. The predicted molar refractivity (Wildman–Crippen MR) is 90.2 cm³/mol. The molecule has 0 saturated carbocycles. The fourth-order valence-corrected chi connectivity index (χ4v) is 3.40. The Kier molecular flexibility index (Phi) is 3.82. The Hall–Kier alpha value is -2.60. The Morgan fingerprint density at radius 2 is 2.25 bits per heavy atom. The number of carbonyl (C=O) groups excluding carboxylic acids is 1. The first-order valence-electron chi connectivity index (χ1n) is 8.18. The molecule has 2 atom stereocenters. The molecule has 3 heterocycles. The lowest BCUT2D eigenvalue weighted by Gasteiger charge is -2.33. The highest BCUT2D eigenvalue weighted by Gasteiger charge is 2.31. The van der Waals surface area contributed by atoms with Crippen molar-refractivity contribution in [3.05, 3.63) is 54.0 Å². The lowest BCUT2D eigenvalue weighted by molar-refractivity contribution is -0.124. The summed E-state index contributed by atoms with van der Waals surface area (Å²) >= 11 is 0. The van der Waals surface area contributed by atoms with E-state index in [9.17, 15) is 4.79 Å². The maximum Gasteiger partial charge on any atom is 0.220 e. The van der Waals surface area contributed by atoms with Gasteiger partial charge >= 0.3 is 0 Å². The van der Waals surface area contributed by atoms with Gasteiger partial charge in [-0.3, -0.25) is 9.48 Å². The summed E-state index contributed by atoms with van der Waals surface area (Å²) < 4.78 is 7.42. The van der Waals surface area contributed by atoms with Gasteiger partial charge in [-0.1, -0.05) is 18.2 Å². The van der Waals surface area contributed by atoms with E-state index < -0.39 is 0 Å². The molecule has 1 amide bonds. The Labute approximate surface area is 139 Å². The standard InChI is InChI=1S/C18H20N4O2/c1-22-15(8-9-20-22)18-14(6-7-17(23)21-18)19-10-12-11-24-16-5-3-2-4-13(12)16/h2-5,8-9,11,14,18-19H,6-7,10H2,1H3,(H,21,23)/t14-,18-/m1/s1. The molecule has 0 aliphatic carbocycles. The number of aromatic nitrogens is 2. The van der Waals surface area contributed by atoms with E-state index in [1.54, 1.807) is 12.5 Å². The van der Waals surface area contributed by atoms with Crippen LogP contribution in [0.25, 0.3) is 11.0 Å². The number of amides is 1. The van der Waals surface area contributed by atoms with E-state index in [-0.39, 0.29) is 18.0 Å². The van der Waals surface area contributed by atoms with E-state index in [4.69, 9.17) is 4.42 Å². The molecule has 1 saturated heterocycles. The smallest absolute Gasteiger partial charge is 0.220 e. The van der Waals surface area contributed by atoms with Crippen LogP contribution in [0, 0.1) is 0 Å². The molecule has 4 rings (SSSR count). The number of nitrogens with one attached hydrogen (secondary N) is 2. The average Bonchev–Trinajstić information content (AvgIpc) is 3.20. The van der Waals surface area contributed by atoms with Crippen LogP contribution in [0.1, 0.15) is 30.1 Å². The monoisotopic (exact) mass is 324 g/mol. The first-order valence-corrected chi connectivity index (χ1v) is 8.18. The van der Waals surface area contributed by atoms with Crippen molar-refractivity contribution >= 4 is 16.9 Å². The largest absolute Gasteiger partial charge is 0.464 e. The fraction of sp³-hybridized carbons (Fsp3) is 0.333. The number of aryl methyl sites for hydroxylation is 1. The Balaban J connectivity index is 1.53. The van der Waals surface area contributed by atoms with Crippen LogP contribution in [0.5, 0.6) is 0 Å². The number of hydrogen-bond donors (Lipinski definition) is 2. The van der Waals surface area contributed by atoms with Gasteiger partial charge in [0.1, 0.15) is 5.58 Å². The highest BCUT2D eigenvalue weighted by atomic mass is 16.3. The van der Waals surface area contributed by atoms with Crippen molar-refractivity contribution in [1.82, 2.24) is 20.4 Å². The van der Waals surface area contributed by atoms with Gasteiger partial charge in [0.2, 0.25) is 5.91 Å². The topological polar surface area (TPSA) is 72.1 Å². The van der Waals surface area contributed by atoms with Gasteiger partial charge in [0.25, 0.3) is 0 Å². The number of hydrogen-bond acceptors (Lipinski definition) is 4. The van der Waals surface area contributed by atoms with E-state index >= 15 is 0 Å². The maximum atomic E-state index is 11.8. The first kappa shape index (κ1) is 15.0. The van der Waals surface area contributed by atoms with Gasteiger partial charge in [-0.2, -0.15) is 5.10 Å². The molecule has 1 aliphatic heterocycles. The molecule has 0 radical (unpaired) electrons. The molecular formula is C18H20N4O2. The molecule has 6 heteroatoms. The molecule has 2 aromatic heterocycles. The van der Waals surface area contributed by atoms with Crippen molar-refractivity contribution in [3.63, 3.8) is 0 Å². The van der Waals surface area contributed by atoms with Gasteiger partial charge in [-0.15, -0.1) is 0 Å². The molecule has 1 aromatic carbocycles. The van der Waals surface area contributed by atoms with Crippen LogP contribution in [0.3, 0.4) is 0 Å². The lowest BCUT2D eigenvalue weighted by Crippen LogP contribution is -2.48. The van der Waals surface area contributed by atoms with Crippen LogP contribution in [0.2, 0.25) is 0 Å². The zero-order chi connectivity index (χ0) is 16.5. The molecule has 2 N–H and O–H groups in total. The number of carbonyl (C=O) groups is 1. The Morgan fingerprint density at radius 1 is 1.38 bits per heavy atom. The number of furan rings is 1. The second kappa shape index (κ2) is 6.13. The zero-order valence-corrected chi connectivity index (χ0v) is 13.5. The Morgan fingerprint density at radius 3 is 3.08 bits per heavy atom. The third kappa shape index (κ3) is 2.69. The van der Waals surface area contributed by atoms with Crippen LogP contribution in [-0.4, -0.2) is 21.7 Å². The van der Waals surface area contributed by atoms with Crippen molar-refractivity contribution in [3.8, 4) is 0 Å². The molecule has 0 bridgehead atoms. The number of benzene rings is 1. The van der Waals surface area contributed by atoms with Gasteiger partial charge < -0.3 is 15.1 Å². The third-order valence-corrected chi connectivity index (χ3v) is 4.69. The van der Waals surface area contributed by atoms with Crippen LogP contribution in [-0.2, 0) is 18.4 Å². The van der Waals surface area contributed by atoms with Crippen molar-refractivity contribution in [2.75, 3.05) is 0 Å². The maximum absolute atomic E-state index is 11.8. The van der Waals surface area contributed by atoms with Crippen molar-refractivity contribution in [2.45, 2.75) is 31.5 Å². The summed E-state index contributed by atoms with van der Waals surface area (Å²) in [6.07, 6.45) is 4.91. The minimum atomic E-state index is -0.0723. The number of piperidine rings is 1. The van der Waals surface area contributed by atoms with Crippen LogP contribution in [0.4, 0.5) is 0 Å². The molecule has 3 aromatic rings. The second-order valence-corrected chi connectivity index (χ2v) is 6.21. The first-order chi connectivity index (χ1) is 11.7. The van der Waals surface area contributed by atoms with Gasteiger partial charge in [0.15, 0.2) is 0 Å². The lowest BCUT2D eigenvalue weighted by atomic mass is 9.95. The summed E-state index contributed by atoms with van der Waals surface area (Å²) in [5, 5.41) is 12.0. The quantitative estimate of drug-likeness (QED) is 0.772. The van der Waals surface area contributed by atoms with Crippen LogP contribution in [0.15, 0.2) is 47.2 Å². The summed E-state index contributed by atoms with van der Waals surface area (Å²) in [5.74, 6) is 0.0908. The van der Waals surface area contributed by atoms with Crippen molar-refractivity contribution in [2.24, 2.45) is 7.05 Å². The summed E-state index contributed by atoms with van der Waals surface area (Å²) in [6.45, 7) is 0.700. The van der Waals surface area contributed by atoms with E-state index in [1.807, 2.05) is 36.0 Å². The highest BCUT2D eigenvalue weighted by Crippen LogP contribution is 2.25. The average molecular weight is 324 g/mol. The van der Waals surface area contributed by atoms with Gasteiger partial charge in [-0.25, -0.2) is 0 Å². The molecule has 1 aliphatic rings. The van der Waals surface area contributed by atoms with Crippen LogP contribution >= 0.6 is 0 Å². The van der Waals surface area contributed by atoms with Gasteiger partial charge in [0, 0.05) is 43.2 Å². The number of nitrogens with zero attached hydrogens (tertiary/aromatic N) is 2. The molecule has 0 unspecified atom stereocenters. The summed E-state index contributed by atoms with van der Waals surface area (Å²) in [4.78, 5) is 11.8. The minimum absolute atomic E-state index is 0.0723. The summed E-state index contributed by atoms with van der Waals surface area (Å²) in [7, 11) is 1.90. The van der Waals surface area contributed by atoms with Gasteiger partial charge in [-0.05, 0) is 18.6 Å². The van der Waals surface area contributed by atoms with E-state index in [0.717, 1.165) is 28.6 Å². The highest BCUT2D eigenvalue weighted by molar-refractivity contribution is 5.80. The van der Waals surface area contributed by atoms with Crippen molar-refractivity contribution in [1.29, 1.82) is 0 Å². The van der Waals surface area contributed by atoms with Gasteiger partial charge in [0.05, 0.1) is 18.0 Å². The van der Waals surface area contributed by atoms with E-state index in [1.165, 1.54) is 0 Å². The number of rotatable bonds is 4. The Bertz CT molecular complexity index is 867. The molecule has 6 nitrogen and oxygen atoms in total. The number of para-hydroxylation sites is 1. The van der Waals surface area contributed by atoms with E-state index in [0.29, 0.717) is 13.0 Å². The molecule has 1 fully saturated rings. The predicted octanol–water partition coefficient (Wildman–Crippen LogP) is 2.28. The zero-order valence-electron chi connectivity index (χ0n) is 13.5. The summed E-state index contributed by atoms with van der Waals surface area (Å²) in [5.41, 5.74) is 3.04. The SMILES string of the molecule is Cn1nccc1[C@@H]1NC(=O)CC[C@H]1NCc1coc2ccccc12. The molecular weight excluding hydrogens is 304 g/mol. The van der Waals surface area contributed by atoms with Crippen molar-refractivity contribution < 1.29 is 9.21 Å². The number of fused-ring (bicyclic) bond motifs is 1. The molecule has 24 heavy (non-hydrogen) atoms. The van der Waals surface area contributed by atoms with Crippen LogP contribution < -0.4 is 10.6 Å². The van der Waals surface area contributed by atoms with E-state index in [2.05, 4.69) is 21.8 Å². The fourth-order valence-electron chi connectivity index (χ4n) is 3.40. The minimum Gasteiger partial charge on any atom is -0.464 e. The third-order valence-electron chi connectivity index (χ3n) is 4.69.